The quantitative estimate of drug-likeness (QED) is 0.649. The van der Waals surface area contributed by atoms with E-state index in [1.54, 1.807) is 0 Å². The summed E-state index contributed by atoms with van der Waals surface area (Å²) in [5.41, 5.74) is -1.10. The molecule has 0 atom stereocenters. The number of likely N-dealkylation sites (tertiary alicyclic amines) is 1. The minimum atomic E-state index is -4.48. The molecule has 0 bridgehead atoms. The highest BCUT2D eigenvalue weighted by Crippen LogP contribution is 2.30. The maximum atomic E-state index is 12.4. The number of nitrogens with one attached hydrogen (secondary N) is 1. The van der Waals surface area contributed by atoms with Crippen LogP contribution in [0.5, 0.6) is 0 Å². The van der Waals surface area contributed by atoms with E-state index in [0.717, 1.165) is 0 Å². The lowest BCUT2D eigenvalue weighted by atomic mass is 10.1. The van der Waals surface area contributed by atoms with Crippen LogP contribution in [0.4, 0.5) is 13.2 Å². The molecule has 0 aromatic rings. The maximum absolute atomic E-state index is 12.4. The zero-order valence-corrected chi connectivity index (χ0v) is 7.90. The van der Waals surface area contributed by atoms with Gasteiger partial charge < -0.3 is 10.2 Å². The molecule has 1 amide bonds. The Labute approximate surface area is 79.6 Å². The van der Waals surface area contributed by atoms with Crippen LogP contribution in [-0.2, 0) is 4.79 Å². The molecule has 1 N–H and O–H groups in total. The van der Waals surface area contributed by atoms with Gasteiger partial charge in [-0.1, -0.05) is 0 Å². The Kier molecular flexibility index (Phi) is 2.73. The molecule has 0 spiro atoms. The number of alkyl halides is 3. The Morgan fingerprint density at radius 1 is 1.50 bits per heavy atom. The summed E-state index contributed by atoms with van der Waals surface area (Å²) in [6.07, 6.45) is -4.34. The first-order chi connectivity index (χ1) is 6.38. The number of likely N-dealkylation sites (N-methyl/N-ethyl adjacent to an activating group) is 1. The van der Waals surface area contributed by atoms with Gasteiger partial charge in [0.05, 0.1) is 0 Å². The first kappa shape index (κ1) is 10.9. The Morgan fingerprint density at radius 2 is 2.07 bits per heavy atom. The van der Waals surface area contributed by atoms with Gasteiger partial charge in [0.1, 0.15) is 5.70 Å². The van der Waals surface area contributed by atoms with Gasteiger partial charge in [0.25, 0.3) is 5.91 Å². The number of amides is 1. The van der Waals surface area contributed by atoms with Crippen LogP contribution in [0.25, 0.3) is 0 Å². The number of hydrogen-bond donors (Lipinski definition) is 1. The van der Waals surface area contributed by atoms with Gasteiger partial charge >= 0.3 is 6.18 Å². The smallest absolute Gasteiger partial charge is 0.384 e. The maximum Gasteiger partial charge on any atom is 0.431 e. The number of rotatable bonds is 1. The molecule has 1 aliphatic rings. The topological polar surface area (TPSA) is 32.3 Å². The average molecular weight is 208 g/mol. The van der Waals surface area contributed by atoms with E-state index in [9.17, 15) is 18.0 Å². The van der Waals surface area contributed by atoms with Crippen LogP contribution in [0.3, 0.4) is 0 Å². The molecule has 0 radical (unpaired) electrons. The number of allylic oxidation sites excluding steroid dienone is 1. The summed E-state index contributed by atoms with van der Waals surface area (Å²) < 4.78 is 37.1. The number of carbonyl (C=O) groups is 1. The van der Waals surface area contributed by atoms with Crippen molar-refractivity contribution in [2.45, 2.75) is 12.6 Å². The molecule has 0 saturated carbocycles. The SMILES string of the molecule is CN/C(=C1/CCN(C)C1=O)C(F)(F)F. The van der Waals surface area contributed by atoms with Crippen LogP contribution in [0.1, 0.15) is 6.42 Å². The van der Waals surface area contributed by atoms with E-state index in [4.69, 9.17) is 0 Å². The van der Waals surface area contributed by atoms with Crippen LogP contribution >= 0.6 is 0 Å². The van der Waals surface area contributed by atoms with E-state index in [1.165, 1.54) is 19.0 Å². The fourth-order valence-electron chi connectivity index (χ4n) is 1.41. The molecule has 0 aliphatic carbocycles. The second-order valence-corrected chi connectivity index (χ2v) is 3.08. The van der Waals surface area contributed by atoms with Crippen molar-refractivity contribution in [2.75, 3.05) is 20.6 Å². The molecule has 1 rings (SSSR count). The third kappa shape index (κ3) is 1.83. The molecule has 1 aliphatic heterocycles. The van der Waals surface area contributed by atoms with Crippen molar-refractivity contribution in [1.82, 2.24) is 10.2 Å². The molecular formula is C8H11F3N2O. The van der Waals surface area contributed by atoms with Crippen molar-refractivity contribution < 1.29 is 18.0 Å². The van der Waals surface area contributed by atoms with Gasteiger partial charge in [-0.05, 0) is 6.42 Å². The predicted molar refractivity (Wildman–Crippen MR) is 44.4 cm³/mol. The van der Waals surface area contributed by atoms with Gasteiger partial charge in [0.15, 0.2) is 0 Å². The molecule has 6 heteroatoms. The summed E-state index contributed by atoms with van der Waals surface area (Å²) in [4.78, 5) is 12.6. The average Bonchev–Trinajstić information content (AvgIpc) is 2.35. The second kappa shape index (κ2) is 3.51. The van der Waals surface area contributed by atoms with Crippen molar-refractivity contribution in [2.24, 2.45) is 0 Å². The highest BCUT2D eigenvalue weighted by Gasteiger charge is 2.39. The molecule has 1 fully saturated rings. The van der Waals surface area contributed by atoms with E-state index < -0.39 is 17.8 Å². The van der Waals surface area contributed by atoms with Crippen LogP contribution in [0.2, 0.25) is 0 Å². The molecule has 0 unspecified atom stereocenters. The van der Waals surface area contributed by atoms with E-state index in [2.05, 4.69) is 0 Å². The van der Waals surface area contributed by atoms with Crippen LogP contribution in [0, 0.1) is 0 Å². The number of nitrogens with zero attached hydrogens (tertiary/aromatic N) is 1. The summed E-state index contributed by atoms with van der Waals surface area (Å²) in [5.74, 6) is -0.549. The Bertz CT molecular complexity index is 283. The summed E-state index contributed by atoms with van der Waals surface area (Å²) >= 11 is 0. The van der Waals surface area contributed by atoms with Gasteiger partial charge in [-0.3, -0.25) is 4.79 Å². The van der Waals surface area contributed by atoms with Crippen molar-refractivity contribution in [3.63, 3.8) is 0 Å². The number of halogens is 3. The third-order valence-corrected chi connectivity index (χ3v) is 2.14. The Balaban J connectivity index is 3.08. The summed E-state index contributed by atoms with van der Waals surface area (Å²) in [5, 5.41) is 2.04. The lowest BCUT2D eigenvalue weighted by molar-refractivity contribution is -0.125. The molecule has 0 aromatic carbocycles. The monoisotopic (exact) mass is 208 g/mol. The first-order valence-electron chi connectivity index (χ1n) is 4.11. The van der Waals surface area contributed by atoms with Crippen molar-refractivity contribution >= 4 is 5.91 Å². The van der Waals surface area contributed by atoms with Gasteiger partial charge in [-0.25, -0.2) is 0 Å². The van der Waals surface area contributed by atoms with E-state index in [1.807, 2.05) is 5.32 Å². The molecule has 80 valence electrons. The summed E-state index contributed by atoms with van der Waals surface area (Å²) in [6, 6.07) is 0. The standard InChI is InChI=1S/C8H11F3N2O/c1-12-6(8(9,10)11)5-3-4-13(2)7(5)14/h12H,3-4H2,1-2H3/b6-5-. The van der Waals surface area contributed by atoms with Crippen molar-refractivity contribution in [3.8, 4) is 0 Å². The highest BCUT2D eigenvalue weighted by atomic mass is 19.4. The van der Waals surface area contributed by atoms with Crippen molar-refractivity contribution in [3.05, 3.63) is 11.3 Å². The van der Waals surface area contributed by atoms with E-state index >= 15 is 0 Å². The lowest BCUT2D eigenvalue weighted by Crippen LogP contribution is -2.28. The van der Waals surface area contributed by atoms with Gasteiger partial charge in [0.2, 0.25) is 0 Å². The second-order valence-electron chi connectivity index (χ2n) is 3.08. The zero-order chi connectivity index (χ0) is 10.9. The summed E-state index contributed by atoms with van der Waals surface area (Å²) in [7, 11) is 2.65. The van der Waals surface area contributed by atoms with Crippen LogP contribution < -0.4 is 5.32 Å². The first-order valence-corrected chi connectivity index (χ1v) is 4.11. The Hall–Kier alpha value is -1.20. The highest BCUT2D eigenvalue weighted by molar-refractivity contribution is 5.96. The van der Waals surface area contributed by atoms with Crippen molar-refractivity contribution in [1.29, 1.82) is 0 Å². The van der Waals surface area contributed by atoms with Crippen LogP contribution in [0.15, 0.2) is 11.3 Å². The third-order valence-electron chi connectivity index (χ3n) is 2.14. The van der Waals surface area contributed by atoms with E-state index in [-0.39, 0.29) is 12.0 Å². The predicted octanol–water partition coefficient (Wildman–Crippen LogP) is 0.884. The normalized spacial score (nSPS) is 21.5. The van der Waals surface area contributed by atoms with Gasteiger partial charge in [0, 0.05) is 26.2 Å². The number of hydrogen-bond acceptors (Lipinski definition) is 2. The Morgan fingerprint density at radius 3 is 2.36 bits per heavy atom. The fourth-order valence-corrected chi connectivity index (χ4v) is 1.41. The fraction of sp³-hybridized carbons (Fsp3) is 0.625. The van der Waals surface area contributed by atoms with Gasteiger partial charge in [-0.15, -0.1) is 0 Å². The van der Waals surface area contributed by atoms with Crippen LogP contribution in [-0.4, -0.2) is 37.6 Å². The zero-order valence-electron chi connectivity index (χ0n) is 7.90. The molecular weight excluding hydrogens is 197 g/mol. The van der Waals surface area contributed by atoms with E-state index in [0.29, 0.717) is 6.54 Å². The molecule has 3 nitrogen and oxygen atoms in total. The largest absolute Gasteiger partial charge is 0.431 e. The minimum Gasteiger partial charge on any atom is -0.384 e. The van der Waals surface area contributed by atoms with Gasteiger partial charge in [-0.2, -0.15) is 13.2 Å². The number of carbonyl (C=O) groups excluding carboxylic acids is 1. The molecule has 1 heterocycles. The summed E-state index contributed by atoms with van der Waals surface area (Å²) in [6.45, 7) is 0.343. The lowest BCUT2D eigenvalue weighted by Gasteiger charge is -2.13. The molecule has 1 saturated heterocycles. The molecule has 0 aromatic heterocycles. The minimum absolute atomic E-state index is 0.144. The molecule has 14 heavy (non-hydrogen) atoms.